The van der Waals surface area contributed by atoms with Crippen molar-refractivity contribution >= 4 is 23.6 Å². The topological polar surface area (TPSA) is 66.4 Å². The molecular formula is C12H13F2NO3S. The van der Waals surface area contributed by atoms with Crippen LogP contribution >= 0.6 is 11.8 Å². The molecular weight excluding hydrogens is 276 g/mol. The fourth-order valence-corrected chi connectivity index (χ4v) is 2.09. The molecule has 1 aromatic carbocycles. The minimum Gasteiger partial charge on any atom is -0.478 e. The molecule has 1 atom stereocenters. The number of amides is 1. The SMILES string of the molecule is CSCC(C)NC(=O)c1cc(F)c(F)cc1C(=O)O. The Morgan fingerprint density at radius 2 is 1.84 bits per heavy atom. The zero-order valence-electron chi connectivity index (χ0n) is 10.4. The van der Waals surface area contributed by atoms with Gasteiger partial charge >= 0.3 is 5.97 Å². The smallest absolute Gasteiger partial charge is 0.336 e. The lowest BCUT2D eigenvalue weighted by molar-refractivity contribution is 0.0690. The lowest BCUT2D eigenvalue weighted by atomic mass is 10.1. The molecule has 1 unspecified atom stereocenters. The fraction of sp³-hybridized carbons (Fsp3) is 0.333. The van der Waals surface area contributed by atoms with Crippen LogP contribution in [0.25, 0.3) is 0 Å². The maximum atomic E-state index is 13.1. The minimum absolute atomic E-state index is 0.211. The summed E-state index contributed by atoms with van der Waals surface area (Å²) < 4.78 is 26.1. The zero-order chi connectivity index (χ0) is 14.6. The zero-order valence-corrected chi connectivity index (χ0v) is 11.2. The molecule has 0 radical (unpaired) electrons. The standard InChI is InChI=1S/C12H13F2NO3S/c1-6(5-19-2)15-11(16)7-3-9(13)10(14)4-8(7)12(17)18/h3-4,6H,5H2,1-2H3,(H,15,16)(H,17,18). The van der Waals surface area contributed by atoms with Crippen molar-refractivity contribution in [3.63, 3.8) is 0 Å². The van der Waals surface area contributed by atoms with Crippen LogP contribution in [0.15, 0.2) is 12.1 Å². The normalized spacial score (nSPS) is 12.0. The largest absolute Gasteiger partial charge is 0.478 e. The number of halogens is 2. The monoisotopic (exact) mass is 289 g/mol. The van der Waals surface area contributed by atoms with Crippen molar-refractivity contribution in [3.05, 3.63) is 34.9 Å². The quantitative estimate of drug-likeness (QED) is 0.871. The van der Waals surface area contributed by atoms with E-state index in [1.54, 1.807) is 6.92 Å². The van der Waals surface area contributed by atoms with Crippen molar-refractivity contribution < 1.29 is 23.5 Å². The summed E-state index contributed by atoms with van der Waals surface area (Å²) in [5.74, 6) is -4.16. The molecule has 1 aromatic rings. The van der Waals surface area contributed by atoms with Crippen LogP contribution in [0.1, 0.15) is 27.6 Å². The Bertz CT molecular complexity index is 508. The van der Waals surface area contributed by atoms with Crippen molar-refractivity contribution in [2.75, 3.05) is 12.0 Å². The number of carboxylic acids is 1. The van der Waals surface area contributed by atoms with E-state index in [4.69, 9.17) is 5.11 Å². The highest BCUT2D eigenvalue weighted by molar-refractivity contribution is 7.98. The van der Waals surface area contributed by atoms with Crippen LogP contribution in [0.3, 0.4) is 0 Å². The summed E-state index contributed by atoms with van der Waals surface area (Å²) in [6.45, 7) is 1.73. The van der Waals surface area contributed by atoms with Crippen LogP contribution in [-0.2, 0) is 0 Å². The molecule has 0 aliphatic carbocycles. The average Bonchev–Trinajstić information content (AvgIpc) is 2.31. The highest BCUT2D eigenvalue weighted by Crippen LogP contribution is 2.15. The lowest BCUT2D eigenvalue weighted by Gasteiger charge is -2.13. The van der Waals surface area contributed by atoms with Crippen LogP contribution < -0.4 is 5.32 Å². The van der Waals surface area contributed by atoms with Crippen molar-refractivity contribution in [1.29, 1.82) is 0 Å². The van der Waals surface area contributed by atoms with Crippen LogP contribution in [-0.4, -0.2) is 35.0 Å². The number of thioether (sulfide) groups is 1. The van der Waals surface area contributed by atoms with Crippen LogP contribution in [0, 0.1) is 11.6 Å². The Kier molecular flexibility index (Phi) is 5.29. The van der Waals surface area contributed by atoms with E-state index in [1.807, 2.05) is 6.26 Å². The first-order valence-electron chi connectivity index (χ1n) is 5.39. The van der Waals surface area contributed by atoms with Gasteiger partial charge in [0.2, 0.25) is 0 Å². The molecule has 4 nitrogen and oxygen atoms in total. The van der Waals surface area contributed by atoms with E-state index in [9.17, 15) is 18.4 Å². The van der Waals surface area contributed by atoms with E-state index >= 15 is 0 Å². The van der Waals surface area contributed by atoms with Crippen LogP contribution in [0.2, 0.25) is 0 Å². The molecule has 1 amide bonds. The number of carbonyl (C=O) groups excluding carboxylic acids is 1. The van der Waals surface area contributed by atoms with Crippen molar-refractivity contribution in [3.8, 4) is 0 Å². The van der Waals surface area contributed by atoms with Crippen molar-refractivity contribution in [2.45, 2.75) is 13.0 Å². The summed E-state index contributed by atoms with van der Waals surface area (Å²) in [7, 11) is 0. The third-order valence-electron chi connectivity index (χ3n) is 2.33. The number of rotatable bonds is 5. The van der Waals surface area contributed by atoms with Crippen LogP contribution in [0.5, 0.6) is 0 Å². The number of benzene rings is 1. The van der Waals surface area contributed by atoms with E-state index in [1.165, 1.54) is 11.8 Å². The van der Waals surface area contributed by atoms with Gasteiger partial charge in [0.25, 0.3) is 5.91 Å². The molecule has 7 heteroatoms. The first-order chi connectivity index (χ1) is 8.86. The molecule has 19 heavy (non-hydrogen) atoms. The predicted molar refractivity (Wildman–Crippen MR) is 68.6 cm³/mol. The molecule has 0 spiro atoms. The summed E-state index contributed by atoms with van der Waals surface area (Å²) in [6.07, 6.45) is 1.85. The first kappa shape index (κ1) is 15.4. The van der Waals surface area contributed by atoms with Crippen LogP contribution in [0.4, 0.5) is 8.78 Å². The Morgan fingerprint density at radius 3 is 2.32 bits per heavy atom. The number of hydrogen-bond donors (Lipinski definition) is 2. The van der Waals surface area contributed by atoms with E-state index in [0.717, 1.165) is 0 Å². The molecule has 0 fully saturated rings. The molecule has 0 bridgehead atoms. The number of carbonyl (C=O) groups is 2. The van der Waals surface area contributed by atoms with Gasteiger partial charge in [-0.15, -0.1) is 0 Å². The van der Waals surface area contributed by atoms with E-state index in [0.29, 0.717) is 17.9 Å². The number of hydrogen-bond acceptors (Lipinski definition) is 3. The minimum atomic E-state index is -1.48. The first-order valence-corrected chi connectivity index (χ1v) is 6.78. The van der Waals surface area contributed by atoms with Gasteiger partial charge in [-0.1, -0.05) is 0 Å². The Hall–Kier alpha value is -1.63. The Morgan fingerprint density at radius 1 is 1.32 bits per heavy atom. The second-order valence-electron chi connectivity index (χ2n) is 3.95. The van der Waals surface area contributed by atoms with E-state index < -0.39 is 29.1 Å². The second-order valence-corrected chi connectivity index (χ2v) is 4.86. The number of aromatic carboxylic acids is 1. The van der Waals surface area contributed by atoms with Gasteiger partial charge in [-0.25, -0.2) is 13.6 Å². The lowest BCUT2D eigenvalue weighted by Crippen LogP contribution is -2.35. The third-order valence-corrected chi connectivity index (χ3v) is 3.16. The number of nitrogens with one attached hydrogen (secondary N) is 1. The molecule has 0 aliphatic heterocycles. The predicted octanol–water partition coefficient (Wildman–Crippen LogP) is 2.14. The molecule has 0 aromatic heterocycles. The van der Waals surface area contributed by atoms with Gasteiger partial charge in [-0.05, 0) is 25.3 Å². The molecule has 1 rings (SSSR count). The molecule has 2 N–H and O–H groups in total. The maximum absolute atomic E-state index is 13.1. The fourth-order valence-electron chi connectivity index (χ4n) is 1.50. The van der Waals surface area contributed by atoms with Crippen molar-refractivity contribution in [2.24, 2.45) is 0 Å². The summed E-state index contributed by atoms with van der Waals surface area (Å²) in [4.78, 5) is 22.8. The van der Waals surface area contributed by atoms with Gasteiger partial charge in [0.1, 0.15) is 0 Å². The van der Waals surface area contributed by atoms with Crippen molar-refractivity contribution in [1.82, 2.24) is 5.32 Å². The average molecular weight is 289 g/mol. The van der Waals surface area contributed by atoms with Gasteiger partial charge in [0.15, 0.2) is 11.6 Å². The molecule has 0 saturated heterocycles. The van der Waals surface area contributed by atoms with Gasteiger partial charge in [0.05, 0.1) is 11.1 Å². The van der Waals surface area contributed by atoms with Gasteiger partial charge < -0.3 is 10.4 Å². The highest BCUT2D eigenvalue weighted by Gasteiger charge is 2.21. The van der Waals surface area contributed by atoms with E-state index in [2.05, 4.69) is 5.32 Å². The second kappa shape index (κ2) is 6.51. The van der Waals surface area contributed by atoms with Gasteiger partial charge in [-0.2, -0.15) is 11.8 Å². The summed E-state index contributed by atoms with van der Waals surface area (Å²) in [6, 6.07) is 0.892. The Balaban J connectivity index is 3.08. The highest BCUT2D eigenvalue weighted by atomic mass is 32.2. The number of carboxylic acid groups (broad SMARTS) is 1. The molecule has 0 aliphatic rings. The third kappa shape index (κ3) is 3.92. The Labute approximate surface area is 113 Å². The molecule has 0 heterocycles. The molecule has 104 valence electrons. The van der Waals surface area contributed by atoms with E-state index in [-0.39, 0.29) is 11.6 Å². The molecule has 0 saturated carbocycles. The summed E-state index contributed by atoms with van der Waals surface area (Å²) >= 11 is 1.50. The van der Waals surface area contributed by atoms with Gasteiger partial charge in [-0.3, -0.25) is 4.79 Å². The summed E-state index contributed by atoms with van der Waals surface area (Å²) in [5, 5.41) is 11.4. The van der Waals surface area contributed by atoms with Gasteiger partial charge in [0, 0.05) is 11.8 Å². The maximum Gasteiger partial charge on any atom is 0.336 e. The summed E-state index contributed by atoms with van der Waals surface area (Å²) in [5.41, 5.74) is -0.952.